The number of aliphatic carboxylic acids is 1. The lowest BCUT2D eigenvalue weighted by molar-refractivity contribution is -0.142. The molecule has 4 heteroatoms. The maximum absolute atomic E-state index is 11.3. The lowest BCUT2D eigenvalue weighted by Crippen LogP contribution is -2.30. The molecule has 17 heavy (non-hydrogen) atoms. The molecular weight excluding hydrogens is 282 g/mol. The van der Waals surface area contributed by atoms with Crippen molar-refractivity contribution in [1.82, 2.24) is 4.57 Å². The summed E-state index contributed by atoms with van der Waals surface area (Å²) in [5.74, 6) is -0.817. The third kappa shape index (κ3) is 1.86. The molecule has 0 aliphatic carbocycles. The first kappa shape index (κ1) is 12.2. The molecule has 2 rings (SSSR count). The first-order chi connectivity index (χ1) is 7.84. The number of carboxylic acid groups (broad SMARTS) is 1. The summed E-state index contributed by atoms with van der Waals surface area (Å²) in [4.78, 5) is 11.3. The molecule has 0 saturated carbocycles. The summed E-state index contributed by atoms with van der Waals surface area (Å²) in [6.45, 7) is 3.44. The van der Waals surface area contributed by atoms with Crippen molar-refractivity contribution in [1.29, 1.82) is 0 Å². The van der Waals surface area contributed by atoms with E-state index >= 15 is 0 Å². The summed E-state index contributed by atoms with van der Waals surface area (Å²) in [7, 11) is 1.90. The van der Waals surface area contributed by atoms with Crippen LogP contribution < -0.4 is 0 Å². The minimum Gasteiger partial charge on any atom is -0.481 e. The van der Waals surface area contributed by atoms with Crippen molar-refractivity contribution in [2.24, 2.45) is 7.05 Å². The van der Waals surface area contributed by atoms with Crippen molar-refractivity contribution < 1.29 is 9.90 Å². The van der Waals surface area contributed by atoms with Crippen LogP contribution in [-0.4, -0.2) is 15.6 Å². The molecule has 0 aliphatic heterocycles. The number of halogens is 1. The summed E-state index contributed by atoms with van der Waals surface area (Å²) in [6.07, 6.45) is 0. The number of hydrogen-bond donors (Lipinski definition) is 1. The fraction of sp³-hybridized carbons (Fsp3) is 0.308. The summed E-state index contributed by atoms with van der Waals surface area (Å²) in [6, 6.07) is 7.88. The van der Waals surface area contributed by atoms with Crippen molar-refractivity contribution >= 4 is 32.8 Å². The van der Waals surface area contributed by atoms with Crippen LogP contribution in [0.3, 0.4) is 0 Å². The predicted molar refractivity (Wildman–Crippen MR) is 71.3 cm³/mol. The second-order valence-electron chi connectivity index (χ2n) is 4.72. The predicted octanol–water partition coefficient (Wildman–Crippen LogP) is 3.30. The molecule has 0 aliphatic rings. The minimum absolute atomic E-state index is 0.804. The molecule has 1 aromatic heterocycles. The zero-order valence-electron chi connectivity index (χ0n) is 9.99. The number of aryl methyl sites for hydroxylation is 1. The molecule has 1 heterocycles. The molecule has 90 valence electrons. The van der Waals surface area contributed by atoms with Crippen LogP contribution in [0.2, 0.25) is 0 Å². The number of carbonyl (C=O) groups is 1. The van der Waals surface area contributed by atoms with E-state index in [0.29, 0.717) is 0 Å². The molecule has 0 amide bonds. The van der Waals surface area contributed by atoms with Crippen LogP contribution in [0.15, 0.2) is 28.7 Å². The van der Waals surface area contributed by atoms with Gasteiger partial charge in [-0.05, 0) is 37.4 Å². The lowest BCUT2D eigenvalue weighted by atomic mass is 9.89. The second kappa shape index (κ2) is 3.88. The zero-order chi connectivity index (χ0) is 12.8. The van der Waals surface area contributed by atoms with Gasteiger partial charge in [0, 0.05) is 22.7 Å². The third-order valence-corrected chi connectivity index (χ3v) is 3.68. The molecule has 0 unspecified atom stereocenters. The molecule has 0 bridgehead atoms. The summed E-state index contributed by atoms with van der Waals surface area (Å²) in [5, 5.41) is 10.3. The van der Waals surface area contributed by atoms with Crippen molar-refractivity contribution in [3.8, 4) is 0 Å². The van der Waals surface area contributed by atoms with Gasteiger partial charge < -0.3 is 9.67 Å². The molecule has 0 radical (unpaired) electrons. The Morgan fingerprint density at radius 2 is 2.00 bits per heavy atom. The highest BCUT2D eigenvalue weighted by molar-refractivity contribution is 9.10. The van der Waals surface area contributed by atoms with Gasteiger partial charge in [0.2, 0.25) is 0 Å². The molecule has 0 spiro atoms. The Morgan fingerprint density at radius 3 is 2.59 bits per heavy atom. The lowest BCUT2D eigenvalue weighted by Gasteiger charge is -2.20. The Labute approximate surface area is 108 Å². The van der Waals surface area contributed by atoms with Gasteiger partial charge in [-0.3, -0.25) is 4.79 Å². The highest BCUT2D eigenvalue weighted by atomic mass is 79.9. The van der Waals surface area contributed by atoms with Gasteiger partial charge in [0.25, 0.3) is 0 Å². The van der Waals surface area contributed by atoms with Gasteiger partial charge >= 0.3 is 5.97 Å². The van der Waals surface area contributed by atoms with E-state index in [9.17, 15) is 9.90 Å². The molecule has 1 aromatic carbocycles. The van der Waals surface area contributed by atoms with Crippen LogP contribution >= 0.6 is 15.9 Å². The Hall–Kier alpha value is -1.29. The number of hydrogen-bond acceptors (Lipinski definition) is 1. The van der Waals surface area contributed by atoms with Gasteiger partial charge in [0.1, 0.15) is 5.41 Å². The van der Waals surface area contributed by atoms with Gasteiger partial charge in [0.05, 0.1) is 0 Å². The van der Waals surface area contributed by atoms with Crippen LogP contribution in [-0.2, 0) is 17.3 Å². The molecule has 0 atom stereocenters. The fourth-order valence-corrected chi connectivity index (χ4v) is 2.36. The summed E-state index contributed by atoms with van der Waals surface area (Å²) < 4.78 is 2.93. The monoisotopic (exact) mass is 295 g/mol. The van der Waals surface area contributed by atoms with Crippen molar-refractivity contribution in [2.45, 2.75) is 19.3 Å². The average Bonchev–Trinajstić information content (AvgIpc) is 2.56. The van der Waals surface area contributed by atoms with E-state index in [1.54, 1.807) is 13.8 Å². The maximum atomic E-state index is 11.3. The number of benzene rings is 1. The smallest absolute Gasteiger partial charge is 0.315 e. The number of rotatable bonds is 2. The first-order valence-corrected chi connectivity index (χ1v) is 6.12. The van der Waals surface area contributed by atoms with Crippen molar-refractivity contribution in [3.63, 3.8) is 0 Å². The Balaban J connectivity index is 2.72. The van der Waals surface area contributed by atoms with E-state index in [4.69, 9.17) is 0 Å². The second-order valence-corrected chi connectivity index (χ2v) is 5.64. The maximum Gasteiger partial charge on any atom is 0.315 e. The van der Waals surface area contributed by atoms with Crippen LogP contribution in [0.25, 0.3) is 10.9 Å². The molecule has 0 saturated heterocycles. The van der Waals surface area contributed by atoms with Crippen molar-refractivity contribution in [2.75, 3.05) is 0 Å². The fourth-order valence-electron chi connectivity index (χ4n) is 2.01. The van der Waals surface area contributed by atoms with Gasteiger partial charge in [0.15, 0.2) is 0 Å². The van der Waals surface area contributed by atoms with E-state index in [1.165, 1.54) is 0 Å². The number of fused-ring (bicyclic) bond motifs is 1. The molecular formula is C13H14BrNO2. The van der Waals surface area contributed by atoms with E-state index in [0.717, 1.165) is 21.1 Å². The molecule has 2 aromatic rings. The summed E-state index contributed by atoms with van der Waals surface area (Å²) in [5.41, 5.74) is 0.946. The average molecular weight is 296 g/mol. The molecule has 1 N–H and O–H groups in total. The van der Waals surface area contributed by atoms with E-state index < -0.39 is 11.4 Å². The molecule has 3 nitrogen and oxygen atoms in total. The molecule has 0 fully saturated rings. The van der Waals surface area contributed by atoms with Crippen LogP contribution in [0, 0.1) is 0 Å². The highest BCUT2D eigenvalue weighted by Gasteiger charge is 2.32. The van der Waals surface area contributed by atoms with Gasteiger partial charge in [-0.25, -0.2) is 0 Å². The standard InChI is InChI=1S/C13H14BrNO2/c1-13(2,12(16)17)11-6-8-4-5-9(14)7-10(8)15(11)3/h4-7H,1-3H3,(H,16,17). The Bertz CT molecular complexity index is 599. The number of aromatic nitrogens is 1. The van der Waals surface area contributed by atoms with Gasteiger partial charge in [-0.1, -0.05) is 22.0 Å². The Morgan fingerprint density at radius 1 is 1.35 bits per heavy atom. The first-order valence-electron chi connectivity index (χ1n) is 5.33. The number of nitrogens with zero attached hydrogens (tertiary/aromatic N) is 1. The minimum atomic E-state index is -0.889. The van der Waals surface area contributed by atoms with Crippen LogP contribution in [0.1, 0.15) is 19.5 Å². The Kier molecular flexibility index (Phi) is 2.78. The largest absolute Gasteiger partial charge is 0.481 e. The van der Waals surface area contributed by atoms with E-state index in [1.807, 2.05) is 35.9 Å². The van der Waals surface area contributed by atoms with Crippen LogP contribution in [0.4, 0.5) is 0 Å². The zero-order valence-corrected chi connectivity index (χ0v) is 11.6. The summed E-state index contributed by atoms with van der Waals surface area (Å²) >= 11 is 3.43. The quantitative estimate of drug-likeness (QED) is 0.924. The van der Waals surface area contributed by atoms with Crippen LogP contribution in [0.5, 0.6) is 0 Å². The third-order valence-electron chi connectivity index (χ3n) is 3.18. The van der Waals surface area contributed by atoms with Crippen molar-refractivity contribution in [3.05, 3.63) is 34.4 Å². The number of carboxylic acids is 1. The van der Waals surface area contributed by atoms with Gasteiger partial charge in [-0.15, -0.1) is 0 Å². The van der Waals surface area contributed by atoms with E-state index in [-0.39, 0.29) is 0 Å². The highest BCUT2D eigenvalue weighted by Crippen LogP contribution is 2.30. The SMILES string of the molecule is Cn1c(C(C)(C)C(=O)O)cc2ccc(Br)cc21. The van der Waals surface area contributed by atoms with E-state index in [2.05, 4.69) is 15.9 Å². The topological polar surface area (TPSA) is 42.2 Å². The van der Waals surface area contributed by atoms with Gasteiger partial charge in [-0.2, -0.15) is 0 Å². The normalized spacial score (nSPS) is 12.0.